The van der Waals surface area contributed by atoms with E-state index in [1.165, 1.54) is 0 Å². The van der Waals surface area contributed by atoms with Crippen molar-refractivity contribution in [3.63, 3.8) is 0 Å². The SMILES string of the molecule is CCCN1C(=O)O[C@@H]2C=C[C@@H](OC)[C@@H]21. The van der Waals surface area contributed by atoms with Crippen LogP contribution in [0.25, 0.3) is 0 Å². The summed E-state index contributed by atoms with van der Waals surface area (Å²) in [6, 6.07) is 0.0486. The van der Waals surface area contributed by atoms with Crippen molar-refractivity contribution in [1.29, 1.82) is 0 Å². The summed E-state index contributed by atoms with van der Waals surface area (Å²) in [6.45, 7) is 2.78. The Labute approximate surface area is 83.5 Å². The van der Waals surface area contributed by atoms with Gasteiger partial charge in [0, 0.05) is 13.7 Å². The molecule has 0 N–H and O–H groups in total. The summed E-state index contributed by atoms with van der Waals surface area (Å²) in [5.41, 5.74) is 0. The molecule has 4 heteroatoms. The molecule has 1 amide bonds. The molecule has 0 bridgehead atoms. The summed E-state index contributed by atoms with van der Waals surface area (Å²) < 4.78 is 10.5. The average molecular weight is 197 g/mol. The van der Waals surface area contributed by atoms with E-state index in [1.807, 2.05) is 19.1 Å². The standard InChI is InChI=1S/C10H15NO3/c1-3-6-11-9-7(13-2)4-5-8(9)14-10(11)12/h4-5,7-9H,3,6H2,1-2H3/t7-,8-,9+/m1/s1. The monoisotopic (exact) mass is 197 g/mol. The van der Waals surface area contributed by atoms with Gasteiger partial charge in [-0.2, -0.15) is 0 Å². The van der Waals surface area contributed by atoms with Gasteiger partial charge >= 0.3 is 6.09 Å². The van der Waals surface area contributed by atoms with E-state index in [4.69, 9.17) is 9.47 Å². The normalized spacial score (nSPS) is 34.9. The van der Waals surface area contributed by atoms with E-state index in [-0.39, 0.29) is 24.3 Å². The fraction of sp³-hybridized carbons (Fsp3) is 0.700. The van der Waals surface area contributed by atoms with Crippen LogP contribution in [0.1, 0.15) is 13.3 Å². The molecule has 14 heavy (non-hydrogen) atoms. The topological polar surface area (TPSA) is 38.8 Å². The average Bonchev–Trinajstić information content (AvgIpc) is 2.68. The molecule has 2 aliphatic rings. The molecule has 1 aliphatic heterocycles. The Balaban J connectivity index is 2.14. The van der Waals surface area contributed by atoms with Gasteiger partial charge in [-0.25, -0.2) is 4.79 Å². The zero-order valence-corrected chi connectivity index (χ0v) is 8.47. The highest BCUT2D eigenvalue weighted by molar-refractivity contribution is 5.71. The number of nitrogens with zero attached hydrogens (tertiary/aromatic N) is 1. The molecule has 0 spiro atoms. The number of methoxy groups -OCH3 is 1. The zero-order valence-electron chi connectivity index (χ0n) is 8.47. The van der Waals surface area contributed by atoms with Crippen molar-refractivity contribution in [2.45, 2.75) is 31.6 Å². The lowest BCUT2D eigenvalue weighted by Gasteiger charge is -2.24. The van der Waals surface area contributed by atoms with Crippen LogP contribution in [0, 0.1) is 0 Å². The van der Waals surface area contributed by atoms with E-state index in [2.05, 4.69) is 0 Å². The second-order valence-corrected chi connectivity index (χ2v) is 3.62. The van der Waals surface area contributed by atoms with Crippen LogP contribution in [0.4, 0.5) is 4.79 Å². The number of carbonyl (C=O) groups is 1. The zero-order chi connectivity index (χ0) is 10.1. The van der Waals surface area contributed by atoms with Crippen LogP contribution in [0.5, 0.6) is 0 Å². The molecule has 1 fully saturated rings. The molecule has 1 aliphatic carbocycles. The number of fused-ring (bicyclic) bond motifs is 1. The van der Waals surface area contributed by atoms with Gasteiger partial charge in [-0.1, -0.05) is 13.0 Å². The molecule has 1 heterocycles. The number of rotatable bonds is 3. The lowest BCUT2D eigenvalue weighted by Crippen LogP contribution is -2.42. The quantitative estimate of drug-likeness (QED) is 0.637. The first-order valence-electron chi connectivity index (χ1n) is 4.96. The van der Waals surface area contributed by atoms with Crippen molar-refractivity contribution in [2.75, 3.05) is 13.7 Å². The molecule has 0 aromatic heterocycles. The predicted molar refractivity (Wildman–Crippen MR) is 51.0 cm³/mol. The van der Waals surface area contributed by atoms with Gasteiger partial charge in [0.25, 0.3) is 0 Å². The number of ether oxygens (including phenoxy) is 2. The third-order valence-corrected chi connectivity index (χ3v) is 2.73. The maximum absolute atomic E-state index is 11.5. The minimum absolute atomic E-state index is 0.0157. The van der Waals surface area contributed by atoms with Crippen LogP contribution >= 0.6 is 0 Å². The molecule has 0 aromatic carbocycles. The predicted octanol–water partition coefficient (Wildman–Crippen LogP) is 1.17. The molecule has 78 valence electrons. The van der Waals surface area contributed by atoms with Gasteiger partial charge in [0.1, 0.15) is 12.1 Å². The summed E-state index contributed by atoms with van der Waals surface area (Å²) in [5, 5.41) is 0. The highest BCUT2D eigenvalue weighted by atomic mass is 16.6. The van der Waals surface area contributed by atoms with E-state index in [0.29, 0.717) is 0 Å². The van der Waals surface area contributed by atoms with Gasteiger partial charge in [-0.3, -0.25) is 4.90 Å². The summed E-state index contributed by atoms with van der Waals surface area (Å²) in [7, 11) is 1.66. The molecule has 0 unspecified atom stereocenters. The Morgan fingerprint density at radius 2 is 2.36 bits per heavy atom. The van der Waals surface area contributed by atoms with E-state index in [1.54, 1.807) is 12.0 Å². The smallest absolute Gasteiger partial charge is 0.410 e. The van der Waals surface area contributed by atoms with Crippen molar-refractivity contribution in [2.24, 2.45) is 0 Å². The molecular formula is C10H15NO3. The van der Waals surface area contributed by atoms with E-state index in [9.17, 15) is 4.79 Å². The Morgan fingerprint density at radius 1 is 1.57 bits per heavy atom. The van der Waals surface area contributed by atoms with Crippen molar-refractivity contribution < 1.29 is 14.3 Å². The van der Waals surface area contributed by atoms with Crippen molar-refractivity contribution in [3.05, 3.63) is 12.2 Å². The molecule has 0 aromatic rings. The number of carbonyl (C=O) groups excluding carboxylic acids is 1. The highest BCUT2D eigenvalue weighted by Gasteiger charge is 2.47. The van der Waals surface area contributed by atoms with E-state index >= 15 is 0 Å². The van der Waals surface area contributed by atoms with Gasteiger partial charge in [0.2, 0.25) is 0 Å². The number of amides is 1. The van der Waals surface area contributed by atoms with Crippen LogP contribution in [0.3, 0.4) is 0 Å². The summed E-state index contributed by atoms with van der Waals surface area (Å²) in [4.78, 5) is 13.2. The third-order valence-electron chi connectivity index (χ3n) is 2.73. The van der Waals surface area contributed by atoms with Crippen LogP contribution < -0.4 is 0 Å². The summed E-state index contributed by atoms with van der Waals surface area (Å²) in [6.07, 6.45) is 4.47. The van der Waals surface area contributed by atoms with Gasteiger partial charge in [-0.15, -0.1) is 0 Å². The summed E-state index contributed by atoms with van der Waals surface area (Å²) in [5.74, 6) is 0. The molecule has 1 saturated heterocycles. The fourth-order valence-corrected chi connectivity index (χ4v) is 2.10. The minimum atomic E-state index is -0.215. The first-order valence-corrected chi connectivity index (χ1v) is 4.96. The van der Waals surface area contributed by atoms with Gasteiger partial charge in [0.15, 0.2) is 0 Å². The molecular weight excluding hydrogens is 182 g/mol. The molecule has 0 saturated carbocycles. The van der Waals surface area contributed by atoms with Crippen molar-refractivity contribution >= 4 is 6.09 Å². The second kappa shape index (κ2) is 3.61. The van der Waals surface area contributed by atoms with Gasteiger partial charge in [0.05, 0.1) is 6.10 Å². The highest BCUT2D eigenvalue weighted by Crippen LogP contribution is 2.30. The Hall–Kier alpha value is -1.03. The largest absolute Gasteiger partial charge is 0.440 e. The molecule has 2 rings (SSSR count). The van der Waals surface area contributed by atoms with Crippen molar-refractivity contribution in [1.82, 2.24) is 4.90 Å². The first-order chi connectivity index (χ1) is 6.77. The summed E-state index contributed by atoms with van der Waals surface area (Å²) >= 11 is 0. The molecule has 3 atom stereocenters. The van der Waals surface area contributed by atoms with Gasteiger partial charge < -0.3 is 9.47 Å². The van der Waals surface area contributed by atoms with Crippen LogP contribution in [-0.2, 0) is 9.47 Å². The van der Waals surface area contributed by atoms with E-state index < -0.39 is 0 Å². The Morgan fingerprint density at radius 3 is 3.00 bits per heavy atom. The maximum Gasteiger partial charge on any atom is 0.410 e. The van der Waals surface area contributed by atoms with Gasteiger partial charge in [-0.05, 0) is 12.5 Å². The van der Waals surface area contributed by atoms with Crippen LogP contribution in [0.15, 0.2) is 12.2 Å². The molecule has 0 radical (unpaired) electrons. The van der Waals surface area contributed by atoms with Crippen molar-refractivity contribution in [3.8, 4) is 0 Å². The third kappa shape index (κ3) is 1.30. The van der Waals surface area contributed by atoms with Crippen LogP contribution in [0.2, 0.25) is 0 Å². The second-order valence-electron chi connectivity index (χ2n) is 3.62. The maximum atomic E-state index is 11.5. The number of hydrogen-bond acceptors (Lipinski definition) is 3. The Bertz CT molecular complexity index is 264. The first kappa shape index (κ1) is 9.52. The minimum Gasteiger partial charge on any atom is -0.440 e. The number of hydrogen-bond donors (Lipinski definition) is 0. The fourth-order valence-electron chi connectivity index (χ4n) is 2.10. The Kier molecular flexibility index (Phi) is 2.46. The molecule has 4 nitrogen and oxygen atoms in total. The lowest BCUT2D eigenvalue weighted by molar-refractivity contribution is 0.0730. The van der Waals surface area contributed by atoms with Crippen LogP contribution in [-0.4, -0.2) is 42.9 Å². The lowest BCUT2D eigenvalue weighted by atomic mass is 10.1. The van der Waals surface area contributed by atoms with E-state index in [0.717, 1.165) is 13.0 Å².